The number of hydrogen-bond donors (Lipinski definition) is 1. The number of rotatable bonds is 3. The van der Waals surface area contributed by atoms with Gasteiger partial charge in [-0.3, -0.25) is 14.0 Å². The smallest absolute Gasteiger partial charge is 0.291 e. The standard InChI is InChI=1S/C18H19FN4O2/c19-13-6-7-15-12(8-13)9-16-18(25)23(20-11-22(15)16)10-17(24)21-14-4-2-1-3-5-14/h6-9,11,14H,1-5,10H2,(H,21,24). The van der Waals surface area contributed by atoms with Crippen LogP contribution in [0, 0.1) is 5.82 Å². The van der Waals surface area contributed by atoms with Gasteiger partial charge < -0.3 is 5.32 Å². The fourth-order valence-corrected chi connectivity index (χ4v) is 3.56. The van der Waals surface area contributed by atoms with Crippen LogP contribution in [-0.4, -0.2) is 26.1 Å². The molecule has 0 atom stereocenters. The Kier molecular flexibility index (Phi) is 3.99. The van der Waals surface area contributed by atoms with E-state index in [9.17, 15) is 14.0 Å². The molecule has 0 spiro atoms. The first kappa shape index (κ1) is 15.8. The summed E-state index contributed by atoms with van der Waals surface area (Å²) in [6.45, 7) is -0.109. The number of nitrogens with one attached hydrogen (secondary N) is 1. The number of halogens is 1. The van der Waals surface area contributed by atoms with Crippen molar-refractivity contribution in [3.63, 3.8) is 0 Å². The second-order valence-electron chi connectivity index (χ2n) is 6.60. The molecule has 0 aliphatic heterocycles. The molecule has 1 saturated carbocycles. The predicted octanol–water partition coefficient (Wildman–Crippen LogP) is 2.24. The van der Waals surface area contributed by atoms with E-state index < -0.39 is 0 Å². The highest BCUT2D eigenvalue weighted by atomic mass is 19.1. The number of fused-ring (bicyclic) bond motifs is 3. The molecule has 4 rings (SSSR count). The summed E-state index contributed by atoms with van der Waals surface area (Å²) in [7, 11) is 0. The number of hydrogen-bond acceptors (Lipinski definition) is 3. The van der Waals surface area contributed by atoms with Crippen molar-refractivity contribution in [2.45, 2.75) is 44.7 Å². The van der Waals surface area contributed by atoms with Gasteiger partial charge in [0.05, 0.1) is 5.52 Å². The summed E-state index contributed by atoms with van der Waals surface area (Å²) in [6.07, 6.45) is 6.94. The van der Waals surface area contributed by atoms with Gasteiger partial charge >= 0.3 is 0 Å². The lowest BCUT2D eigenvalue weighted by Crippen LogP contribution is -2.40. The van der Waals surface area contributed by atoms with Gasteiger partial charge in [0.2, 0.25) is 5.91 Å². The Bertz CT molecular complexity index is 1000. The molecule has 1 aromatic carbocycles. The lowest BCUT2D eigenvalue weighted by Gasteiger charge is -2.22. The highest BCUT2D eigenvalue weighted by Gasteiger charge is 2.17. The van der Waals surface area contributed by atoms with Crippen molar-refractivity contribution < 1.29 is 9.18 Å². The van der Waals surface area contributed by atoms with Crippen molar-refractivity contribution in [3.8, 4) is 0 Å². The summed E-state index contributed by atoms with van der Waals surface area (Å²) >= 11 is 0. The Labute approximate surface area is 143 Å². The molecule has 2 heterocycles. The summed E-state index contributed by atoms with van der Waals surface area (Å²) in [4.78, 5) is 24.8. The van der Waals surface area contributed by atoms with Crippen LogP contribution in [0.15, 0.2) is 35.4 Å². The van der Waals surface area contributed by atoms with Crippen molar-refractivity contribution in [3.05, 3.63) is 46.8 Å². The molecule has 6 nitrogen and oxygen atoms in total. The fourth-order valence-electron chi connectivity index (χ4n) is 3.56. The number of aromatic nitrogens is 3. The van der Waals surface area contributed by atoms with Crippen molar-refractivity contribution in [1.29, 1.82) is 0 Å². The average molecular weight is 342 g/mol. The SMILES string of the molecule is O=C(Cn1ncn2c(cc3cc(F)ccc32)c1=O)NC1CCCCC1. The minimum absolute atomic E-state index is 0.109. The highest BCUT2D eigenvalue weighted by Crippen LogP contribution is 2.19. The van der Waals surface area contributed by atoms with Gasteiger partial charge in [-0.25, -0.2) is 9.07 Å². The minimum Gasteiger partial charge on any atom is -0.352 e. The molecule has 1 aliphatic carbocycles. The molecule has 0 bridgehead atoms. The summed E-state index contributed by atoms with van der Waals surface area (Å²) in [5.74, 6) is -0.559. The van der Waals surface area contributed by atoms with Crippen molar-refractivity contribution >= 4 is 22.3 Å². The number of carbonyl (C=O) groups excluding carboxylic acids is 1. The molecular formula is C18H19FN4O2. The minimum atomic E-state index is -0.363. The molecule has 7 heteroatoms. The third-order valence-corrected chi connectivity index (χ3v) is 4.82. The van der Waals surface area contributed by atoms with Gasteiger partial charge in [-0.1, -0.05) is 19.3 Å². The normalized spacial score (nSPS) is 15.7. The van der Waals surface area contributed by atoms with E-state index in [-0.39, 0.29) is 29.9 Å². The monoisotopic (exact) mass is 342 g/mol. The summed E-state index contributed by atoms with van der Waals surface area (Å²) in [5.41, 5.74) is 0.721. The zero-order valence-electron chi connectivity index (χ0n) is 13.7. The Morgan fingerprint density at radius 3 is 2.80 bits per heavy atom. The molecule has 1 aliphatic rings. The van der Waals surface area contributed by atoms with Crippen molar-refractivity contribution in [1.82, 2.24) is 19.5 Å². The number of carbonyl (C=O) groups is 1. The lowest BCUT2D eigenvalue weighted by molar-refractivity contribution is -0.122. The third kappa shape index (κ3) is 3.01. The first-order valence-corrected chi connectivity index (χ1v) is 8.57. The van der Waals surface area contributed by atoms with Gasteiger partial charge in [0.1, 0.15) is 24.2 Å². The second kappa shape index (κ2) is 6.31. The molecular weight excluding hydrogens is 323 g/mol. The second-order valence-corrected chi connectivity index (χ2v) is 6.60. The van der Waals surface area contributed by atoms with E-state index in [1.165, 1.54) is 24.9 Å². The van der Waals surface area contributed by atoms with Crippen LogP contribution in [0.1, 0.15) is 32.1 Å². The van der Waals surface area contributed by atoms with Crippen LogP contribution in [-0.2, 0) is 11.3 Å². The van der Waals surface area contributed by atoms with Crippen LogP contribution >= 0.6 is 0 Å². The molecule has 0 radical (unpaired) electrons. The van der Waals surface area contributed by atoms with Gasteiger partial charge in [-0.05, 0) is 37.1 Å². The van der Waals surface area contributed by atoms with Gasteiger partial charge in [0.15, 0.2) is 0 Å². The Morgan fingerprint density at radius 2 is 2.00 bits per heavy atom. The zero-order chi connectivity index (χ0) is 17.4. The van der Waals surface area contributed by atoms with Gasteiger partial charge in [0.25, 0.3) is 5.56 Å². The molecule has 25 heavy (non-hydrogen) atoms. The van der Waals surface area contributed by atoms with Crippen LogP contribution in [0.5, 0.6) is 0 Å². The van der Waals surface area contributed by atoms with Crippen LogP contribution in [0.2, 0.25) is 0 Å². The van der Waals surface area contributed by atoms with Crippen LogP contribution in [0.3, 0.4) is 0 Å². The largest absolute Gasteiger partial charge is 0.352 e. The molecule has 1 fully saturated rings. The Balaban J connectivity index is 1.61. The van der Waals surface area contributed by atoms with Crippen molar-refractivity contribution in [2.75, 3.05) is 0 Å². The lowest BCUT2D eigenvalue weighted by atomic mass is 9.95. The van der Waals surface area contributed by atoms with E-state index in [0.717, 1.165) is 30.4 Å². The first-order chi connectivity index (χ1) is 12.1. The molecule has 1 N–H and O–H groups in total. The van der Waals surface area contributed by atoms with Gasteiger partial charge in [-0.15, -0.1) is 0 Å². The molecule has 2 aromatic heterocycles. The molecule has 130 valence electrons. The van der Waals surface area contributed by atoms with Gasteiger partial charge in [0, 0.05) is 11.4 Å². The zero-order valence-corrected chi connectivity index (χ0v) is 13.7. The predicted molar refractivity (Wildman–Crippen MR) is 91.9 cm³/mol. The number of benzene rings is 1. The molecule has 1 amide bonds. The Morgan fingerprint density at radius 1 is 1.20 bits per heavy atom. The summed E-state index contributed by atoms with van der Waals surface area (Å²) < 4.78 is 16.2. The molecule has 0 saturated heterocycles. The van der Waals surface area contributed by atoms with Crippen molar-refractivity contribution in [2.24, 2.45) is 0 Å². The van der Waals surface area contributed by atoms with E-state index in [1.54, 1.807) is 16.5 Å². The quantitative estimate of drug-likeness (QED) is 0.794. The van der Waals surface area contributed by atoms with E-state index >= 15 is 0 Å². The Hall–Kier alpha value is -2.70. The van der Waals surface area contributed by atoms with E-state index in [2.05, 4.69) is 10.4 Å². The van der Waals surface area contributed by atoms with Crippen LogP contribution < -0.4 is 10.9 Å². The average Bonchev–Trinajstić information content (AvgIpc) is 2.96. The maximum Gasteiger partial charge on any atom is 0.291 e. The summed E-state index contributed by atoms with van der Waals surface area (Å²) in [6, 6.07) is 6.15. The topological polar surface area (TPSA) is 68.4 Å². The van der Waals surface area contributed by atoms with Crippen LogP contribution in [0.25, 0.3) is 16.4 Å². The van der Waals surface area contributed by atoms with E-state index in [1.807, 2.05) is 0 Å². The summed E-state index contributed by atoms with van der Waals surface area (Å²) in [5, 5.41) is 7.71. The fraction of sp³-hybridized carbons (Fsp3) is 0.389. The van der Waals surface area contributed by atoms with Crippen LogP contribution in [0.4, 0.5) is 4.39 Å². The number of nitrogens with zero attached hydrogens (tertiary/aromatic N) is 3. The third-order valence-electron chi connectivity index (χ3n) is 4.82. The number of amides is 1. The van der Waals surface area contributed by atoms with E-state index in [0.29, 0.717) is 16.4 Å². The van der Waals surface area contributed by atoms with Gasteiger partial charge in [-0.2, -0.15) is 5.10 Å². The maximum atomic E-state index is 13.4. The molecule has 3 aromatic rings. The highest BCUT2D eigenvalue weighted by molar-refractivity contribution is 5.86. The van der Waals surface area contributed by atoms with E-state index in [4.69, 9.17) is 0 Å². The first-order valence-electron chi connectivity index (χ1n) is 8.57. The maximum absolute atomic E-state index is 13.4. The molecule has 0 unspecified atom stereocenters.